The van der Waals surface area contributed by atoms with Crippen LogP contribution >= 0.6 is 0 Å². The van der Waals surface area contributed by atoms with Gasteiger partial charge in [0.05, 0.1) is 24.9 Å². The van der Waals surface area contributed by atoms with E-state index in [2.05, 4.69) is 31.8 Å². The van der Waals surface area contributed by atoms with Crippen LogP contribution in [0.25, 0.3) is 11.0 Å². The highest BCUT2D eigenvalue weighted by atomic mass is 16.5. The van der Waals surface area contributed by atoms with Gasteiger partial charge in [0, 0.05) is 30.1 Å². The van der Waals surface area contributed by atoms with Crippen molar-refractivity contribution >= 4 is 22.8 Å². The Kier molecular flexibility index (Phi) is 5.25. The molecule has 3 N–H and O–H groups in total. The number of rotatable bonds is 7. The second-order valence-electron chi connectivity index (χ2n) is 6.43. The molecule has 3 rings (SSSR count). The van der Waals surface area contributed by atoms with Gasteiger partial charge >= 0.3 is 0 Å². The SMILES string of the molecule is CCCCNc1nc(N)nc2ccn(Cc3ncc(C)c(OC)c3C)c12. The quantitative estimate of drug-likeness (QED) is 0.633. The summed E-state index contributed by atoms with van der Waals surface area (Å²) in [5, 5.41) is 3.39. The van der Waals surface area contributed by atoms with Gasteiger partial charge in [-0.05, 0) is 26.3 Å². The molecule has 26 heavy (non-hydrogen) atoms. The van der Waals surface area contributed by atoms with Crippen molar-refractivity contribution in [2.24, 2.45) is 0 Å². The molecule has 0 aromatic carbocycles. The molecule has 7 heteroatoms. The van der Waals surface area contributed by atoms with Crippen molar-refractivity contribution < 1.29 is 4.74 Å². The van der Waals surface area contributed by atoms with Gasteiger partial charge < -0.3 is 20.4 Å². The van der Waals surface area contributed by atoms with Crippen LogP contribution in [-0.4, -0.2) is 33.2 Å². The van der Waals surface area contributed by atoms with Gasteiger partial charge in [-0.1, -0.05) is 13.3 Å². The fraction of sp³-hybridized carbons (Fsp3) is 0.421. The lowest BCUT2D eigenvalue weighted by Crippen LogP contribution is -2.10. The number of methoxy groups -OCH3 is 1. The summed E-state index contributed by atoms with van der Waals surface area (Å²) in [4.78, 5) is 13.4. The molecule has 0 unspecified atom stereocenters. The van der Waals surface area contributed by atoms with E-state index in [1.54, 1.807) is 7.11 Å². The largest absolute Gasteiger partial charge is 0.496 e. The fourth-order valence-electron chi connectivity index (χ4n) is 3.16. The molecule has 0 bridgehead atoms. The third-order valence-electron chi connectivity index (χ3n) is 4.52. The fourth-order valence-corrected chi connectivity index (χ4v) is 3.16. The van der Waals surface area contributed by atoms with Crippen LogP contribution in [0.4, 0.5) is 11.8 Å². The Morgan fingerprint density at radius 1 is 1.27 bits per heavy atom. The molecule has 3 aromatic rings. The van der Waals surface area contributed by atoms with E-state index in [0.717, 1.165) is 58.8 Å². The van der Waals surface area contributed by atoms with E-state index in [-0.39, 0.29) is 5.95 Å². The first kappa shape index (κ1) is 18.0. The van der Waals surface area contributed by atoms with Crippen LogP contribution in [0.3, 0.4) is 0 Å². The van der Waals surface area contributed by atoms with Crippen LogP contribution in [0, 0.1) is 13.8 Å². The van der Waals surface area contributed by atoms with E-state index >= 15 is 0 Å². The monoisotopic (exact) mass is 354 g/mol. The molecule has 3 heterocycles. The lowest BCUT2D eigenvalue weighted by molar-refractivity contribution is 0.406. The Labute approximate surface area is 153 Å². The molecule has 7 nitrogen and oxygen atoms in total. The number of nitrogen functional groups attached to an aromatic ring is 1. The number of fused-ring (bicyclic) bond motifs is 1. The van der Waals surface area contributed by atoms with Gasteiger partial charge in [0.2, 0.25) is 5.95 Å². The summed E-state index contributed by atoms with van der Waals surface area (Å²) in [5.41, 5.74) is 10.7. The van der Waals surface area contributed by atoms with Crippen molar-refractivity contribution in [1.29, 1.82) is 0 Å². The predicted octanol–water partition coefficient (Wildman–Crippen LogP) is 3.29. The van der Waals surface area contributed by atoms with Gasteiger partial charge in [-0.25, -0.2) is 4.98 Å². The van der Waals surface area contributed by atoms with Crippen LogP contribution in [-0.2, 0) is 6.54 Å². The highest BCUT2D eigenvalue weighted by Crippen LogP contribution is 2.27. The van der Waals surface area contributed by atoms with Crippen molar-refractivity contribution in [2.75, 3.05) is 24.7 Å². The number of nitrogens with two attached hydrogens (primary N) is 1. The standard InChI is InChI=1S/C19H26N6O/c1-5-6-8-21-18-16-14(23-19(20)24-18)7-9-25(16)11-15-13(3)17(26-4)12(2)10-22-15/h7,9-10H,5-6,8,11H2,1-4H3,(H3,20,21,23,24). The normalized spacial score (nSPS) is 11.1. The number of aryl methyl sites for hydroxylation is 1. The Morgan fingerprint density at radius 2 is 2.08 bits per heavy atom. The Hall–Kier alpha value is -2.83. The van der Waals surface area contributed by atoms with E-state index in [1.807, 2.05) is 32.3 Å². The molecule has 3 aromatic heterocycles. The maximum absolute atomic E-state index is 5.87. The molecular formula is C19H26N6O. The van der Waals surface area contributed by atoms with Crippen molar-refractivity contribution in [3.05, 3.63) is 35.3 Å². The zero-order chi connectivity index (χ0) is 18.7. The molecule has 0 spiro atoms. The number of nitrogens with zero attached hydrogens (tertiary/aromatic N) is 4. The second-order valence-corrected chi connectivity index (χ2v) is 6.43. The number of hydrogen-bond donors (Lipinski definition) is 2. The van der Waals surface area contributed by atoms with Gasteiger partial charge in [0.15, 0.2) is 5.82 Å². The van der Waals surface area contributed by atoms with Gasteiger partial charge in [-0.3, -0.25) is 4.98 Å². The number of anilines is 2. The maximum Gasteiger partial charge on any atom is 0.222 e. The van der Waals surface area contributed by atoms with Crippen molar-refractivity contribution in [3.63, 3.8) is 0 Å². The van der Waals surface area contributed by atoms with Gasteiger partial charge in [0.25, 0.3) is 0 Å². The van der Waals surface area contributed by atoms with E-state index < -0.39 is 0 Å². The van der Waals surface area contributed by atoms with Crippen LogP contribution in [0.1, 0.15) is 36.6 Å². The average molecular weight is 354 g/mol. The lowest BCUT2D eigenvalue weighted by Gasteiger charge is -2.14. The zero-order valence-corrected chi connectivity index (χ0v) is 15.8. The van der Waals surface area contributed by atoms with Crippen LogP contribution in [0.5, 0.6) is 5.75 Å². The summed E-state index contributed by atoms with van der Waals surface area (Å²) in [6, 6.07) is 1.96. The van der Waals surface area contributed by atoms with Crippen LogP contribution in [0.15, 0.2) is 18.5 Å². The number of hydrogen-bond acceptors (Lipinski definition) is 6. The van der Waals surface area contributed by atoms with Gasteiger partial charge in [-0.15, -0.1) is 0 Å². The summed E-state index contributed by atoms with van der Waals surface area (Å²) in [7, 11) is 1.69. The summed E-state index contributed by atoms with van der Waals surface area (Å²) in [5.74, 6) is 1.93. The van der Waals surface area contributed by atoms with Gasteiger partial charge in [-0.2, -0.15) is 4.98 Å². The molecule has 0 amide bonds. The molecule has 0 aliphatic carbocycles. The summed E-state index contributed by atoms with van der Waals surface area (Å²) in [6.45, 7) is 7.66. The molecule has 0 saturated carbocycles. The van der Waals surface area contributed by atoms with Crippen molar-refractivity contribution in [2.45, 2.75) is 40.2 Å². The third kappa shape index (κ3) is 3.42. The number of ether oxygens (including phenoxy) is 1. The predicted molar refractivity (Wildman–Crippen MR) is 105 cm³/mol. The number of nitrogens with one attached hydrogen (secondary N) is 1. The number of unbranched alkanes of at least 4 members (excludes halogenated alkanes) is 1. The van der Waals surface area contributed by atoms with Crippen molar-refractivity contribution in [3.8, 4) is 5.75 Å². The first-order chi connectivity index (χ1) is 12.5. The minimum Gasteiger partial charge on any atom is -0.496 e. The van der Waals surface area contributed by atoms with E-state index in [9.17, 15) is 0 Å². The molecule has 138 valence electrons. The van der Waals surface area contributed by atoms with E-state index in [4.69, 9.17) is 10.5 Å². The van der Waals surface area contributed by atoms with Crippen molar-refractivity contribution in [1.82, 2.24) is 19.5 Å². The maximum atomic E-state index is 5.87. The smallest absolute Gasteiger partial charge is 0.222 e. The van der Waals surface area contributed by atoms with E-state index in [0.29, 0.717) is 6.54 Å². The molecular weight excluding hydrogens is 328 g/mol. The van der Waals surface area contributed by atoms with Crippen LogP contribution < -0.4 is 15.8 Å². The summed E-state index contributed by atoms with van der Waals surface area (Å²) in [6.07, 6.45) is 6.03. The molecule has 0 fully saturated rings. The summed E-state index contributed by atoms with van der Waals surface area (Å²) >= 11 is 0. The topological polar surface area (TPSA) is 90.9 Å². The molecule has 0 atom stereocenters. The highest BCUT2D eigenvalue weighted by molar-refractivity contribution is 5.87. The Bertz CT molecular complexity index is 918. The Morgan fingerprint density at radius 3 is 2.81 bits per heavy atom. The minimum absolute atomic E-state index is 0.278. The Balaban J connectivity index is 2.01. The minimum atomic E-state index is 0.278. The second kappa shape index (κ2) is 7.59. The third-order valence-corrected chi connectivity index (χ3v) is 4.52. The summed E-state index contributed by atoms with van der Waals surface area (Å²) < 4.78 is 7.63. The molecule has 0 radical (unpaired) electrons. The number of pyridine rings is 1. The molecule has 0 saturated heterocycles. The average Bonchev–Trinajstić information content (AvgIpc) is 3.00. The molecule has 0 aliphatic rings. The zero-order valence-electron chi connectivity index (χ0n) is 15.8. The highest BCUT2D eigenvalue weighted by Gasteiger charge is 2.14. The van der Waals surface area contributed by atoms with E-state index in [1.165, 1.54) is 0 Å². The first-order valence-corrected chi connectivity index (χ1v) is 8.90. The lowest BCUT2D eigenvalue weighted by atomic mass is 10.1. The first-order valence-electron chi connectivity index (χ1n) is 8.90. The van der Waals surface area contributed by atoms with Gasteiger partial charge in [0.1, 0.15) is 11.3 Å². The van der Waals surface area contributed by atoms with Crippen LogP contribution in [0.2, 0.25) is 0 Å². The molecule has 0 aliphatic heterocycles. The number of aromatic nitrogens is 4.